The van der Waals surface area contributed by atoms with Gasteiger partial charge in [0.25, 0.3) is 5.91 Å². The van der Waals surface area contributed by atoms with Crippen LogP contribution in [-0.2, 0) is 13.1 Å². The van der Waals surface area contributed by atoms with Crippen LogP contribution in [0.5, 0.6) is 0 Å². The minimum Gasteiger partial charge on any atom is -0.467 e. The van der Waals surface area contributed by atoms with Crippen LogP contribution in [0.25, 0.3) is 0 Å². The Labute approximate surface area is 132 Å². The summed E-state index contributed by atoms with van der Waals surface area (Å²) in [7, 11) is 0. The minimum atomic E-state index is -0.282. The molecule has 0 aliphatic rings. The van der Waals surface area contributed by atoms with Crippen LogP contribution in [0.15, 0.2) is 59.6 Å². The number of furan rings is 1. The van der Waals surface area contributed by atoms with Gasteiger partial charge in [-0.3, -0.25) is 9.78 Å². The molecular formula is C16H15N5O2. The third-order valence-corrected chi connectivity index (χ3v) is 3.09. The Morgan fingerprint density at radius 3 is 2.74 bits per heavy atom. The molecule has 7 heteroatoms. The number of nitrogens with zero attached hydrogens (tertiary/aromatic N) is 3. The van der Waals surface area contributed by atoms with Gasteiger partial charge in [-0.2, -0.15) is 0 Å². The maximum Gasteiger partial charge on any atom is 0.270 e. The van der Waals surface area contributed by atoms with Crippen molar-refractivity contribution >= 4 is 11.9 Å². The molecule has 0 radical (unpaired) electrons. The van der Waals surface area contributed by atoms with E-state index in [1.807, 2.05) is 12.1 Å². The molecule has 3 rings (SSSR count). The van der Waals surface area contributed by atoms with Crippen molar-refractivity contribution in [1.29, 1.82) is 0 Å². The maximum absolute atomic E-state index is 12.1. The number of amides is 1. The molecule has 0 atom stereocenters. The molecule has 1 amide bonds. The first-order valence-corrected chi connectivity index (χ1v) is 7.07. The Morgan fingerprint density at radius 2 is 1.96 bits per heavy atom. The van der Waals surface area contributed by atoms with Gasteiger partial charge < -0.3 is 15.1 Å². The van der Waals surface area contributed by atoms with Crippen molar-refractivity contribution in [3.63, 3.8) is 0 Å². The second-order valence-corrected chi connectivity index (χ2v) is 4.74. The fourth-order valence-corrected chi connectivity index (χ4v) is 1.92. The zero-order valence-corrected chi connectivity index (χ0v) is 12.3. The normalized spacial score (nSPS) is 10.3. The molecule has 0 unspecified atom stereocenters. The number of hydrogen-bond donors (Lipinski definition) is 2. The lowest BCUT2D eigenvalue weighted by molar-refractivity contribution is 0.0943. The zero-order valence-electron chi connectivity index (χ0n) is 12.3. The summed E-state index contributed by atoms with van der Waals surface area (Å²) < 4.78 is 5.17. The molecule has 3 heterocycles. The summed E-state index contributed by atoms with van der Waals surface area (Å²) in [6, 6.07) is 8.92. The average Bonchev–Trinajstić information content (AvgIpc) is 3.12. The topological polar surface area (TPSA) is 92.9 Å². The van der Waals surface area contributed by atoms with Crippen molar-refractivity contribution in [2.24, 2.45) is 0 Å². The van der Waals surface area contributed by atoms with Crippen molar-refractivity contribution in [2.75, 3.05) is 5.32 Å². The molecule has 0 spiro atoms. The van der Waals surface area contributed by atoms with E-state index >= 15 is 0 Å². The fraction of sp³-hybridized carbons (Fsp3) is 0.125. The molecule has 0 aliphatic heterocycles. The van der Waals surface area contributed by atoms with Gasteiger partial charge in [0.2, 0.25) is 5.95 Å². The molecule has 3 aromatic heterocycles. The SMILES string of the molecule is O=C(NCc1ccco1)c1ccnc(NCc2ccncc2)n1. The number of pyridine rings is 1. The molecule has 0 aliphatic carbocycles. The summed E-state index contributed by atoms with van der Waals surface area (Å²) >= 11 is 0. The molecule has 116 valence electrons. The highest BCUT2D eigenvalue weighted by atomic mass is 16.3. The molecular weight excluding hydrogens is 294 g/mol. The van der Waals surface area contributed by atoms with E-state index < -0.39 is 0 Å². The van der Waals surface area contributed by atoms with E-state index in [-0.39, 0.29) is 5.91 Å². The van der Waals surface area contributed by atoms with Gasteiger partial charge in [-0.15, -0.1) is 0 Å². The first-order chi connectivity index (χ1) is 11.3. The third kappa shape index (κ3) is 4.13. The highest BCUT2D eigenvalue weighted by Gasteiger charge is 2.09. The van der Waals surface area contributed by atoms with Crippen LogP contribution in [0.2, 0.25) is 0 Å². The van der Waals surface area contributed by atoms with Crippen molar-refractivity contribution < 1.29 is 9.21 Å². The van der Waals surface area contributed by atoms with E-state index in [1.165, 1.54) is 0 Å². The summed E-state index contributed by atoms with van der Waals surface area (Å²) in [5.74, 6) is 0.798. The van der Waals surface area contributed by atoms with E-state index in [9.17, 15) is 4.79 Å². The van der Waals surface area contributed by atoms with Gasteiger partial charge in [-0.25, -0.2) is 9.97 Å². The molecule has 0 bridgehead atoms. The van der Waals surface area contributed by atoms with Crippen LogP contribution in [0.4, 0.5) is 5.95 Å². The van der Waals surface area contributed by atoms with Gasteiger partial charge in [0.05, 0.1) is 12.8 Å². The Morgan fingerprint density at radius 1 is 1.09 bits per heavy atom. The van der Waals surface area contributed by atoms with Crippen molar-refractivity contribution in [1.82, 2.24) is 20.3 Å². The predicted molar refractivity (Wildman–Crippen MR) is 83.5 cm³/mol. The minimum absolute atomic E-state index is 0.282. The molecule has 3 aromatic rings. The maximum atomic E-state index is 12.1. The first kappa shape index (κ1) is 14.7. The number of nitrogens with one attached hydrogen (secondary N) is 2. The summed E-state index contributed by atoms with van der Waals surface area (Å²) in [4.78, 5) is 24.4. The summed E-state index contributed by atoms with van der Waals surface area (Å²) in [6.07, 6.45) is 6.55. The lowest BCUT2D eigenvalue weighted by atomic mass is 10.3. The van der Waals surface area contributed by atoms with Gasteiger partial charge in [0, 0.05) is 25.1 Å². The summed E-state index contributed by atoms with van der Waals surface area (Å²) in [5.41, 5.74) is 1.35. The summed E-state index contributed by atoms with van der Waals surface area (Å²) in [5, 5.41) is 5.82. The number of carbonyl (C=O) groups excluding carboxylic acids is 1. The Bertz CT molecular complexity index is 759. The molecule has 0 saturated carbocycles. The van der Waals surface area contributed by atoms with Gasteiger partial charge >= 0.3 is 0 Å². The Kier molecular flexibility index (Phi) is 4.58. The van der Waals surface area contributed by atoms with Crippen LogP contribution in [0.3, 0.4) is 0 Å². The number of aromatic nitrogens is 3. The second kappa shape index (κ2) is 7.17. The van der Waals surface area contributed by atoms with E-state index in [4.69, 9.17) is 4.42 Å². The van der Waals surface area contributed by atoms with Crippen LogP contribution in [0, 0.1) is 0 Å². The van der Waals surface area contributed by atoms with Gasteiger partial charge in [0.1, 0.15) is 11.5 Å². The third-order valence-electron chi connectivity index (χ3n) is 3.09. The lowest BCUT2D eigenvalue weighted by Gasteiger charge is -2.06. The van der Waals surface area contributed by atoms with Crippen LogP contribution in [0.1, 0.15) is 21.8 Å². The van der Waals surface area contributed by atoms with E-state index in [0.717, 1.165) is 5.56 Å². The molecule has 0 fully saturated rings. The molecule has 23 heavy (non-hydrogen) atoms. The average molecular weight is 309 g/mol. The standard InChI is InChI=1S/C16H15N5O2/c22-15(19-11-13-2-1-9-23-13)14-5-8-18-16(21-14)20-10-12-3-6-17-7-4-12/h1-9H,10-11H2,(H,19,22)(H,18,20,21). The van der Waals surface area contributed by atoms with Crippen molar-refractivity contribution in [3.8, 4) is 0 Å². The zero-order chi connectivity index (χ0) is 15.9. The smallest absolute Gasteiger partial charge is 0.270 e. The van der Waals surface area contributed by atoms with Crippen molar-refractivity contribution in [3.05, 3.63) is 72.2 Å². The number of rotatable bonds is 6. The van der Waals surface area contributed by atoms with Crippen LogP contribution >= 0.6 is 0 Å². The van der Waals surface area contributed by atoms with Crippen molar-refractivity contribution in [2.45, 2.75) is 13.1 Å². The number of carbonyl (C=O) groups is 1. The molecule has 0 aromatic carbocycles. The van der Waals surface area contributed by atoms with Crippen LogP contribution < -0.4 is 10.6 Å². The lowest BCUT2D eigenvalue weighted by Crippen LogP contribution is -2.24. The van der Waals surface area contributed by atoms with Gasteiger partial charge in [-0.05, 0) is 35.9 Å². The molecule has 0 saturated heterocycles. The summed E-state index contributed by atoms with van der Waals surface area (Å²) in [6.45, 7) is 0.871. The molecule has 7 nitrogen and oxygen atoms in total. The second-order valence-electron chi connectivity index (χ2n) is 4.74. The van der Waals surface area contributed by atoms with E-state index in [2.05, 4.69) is 25.6 Å². The van der Waals surface area contributed by atoms with E-state index in [1.54, 1.807) is 43.1 Å². The Hall–Kier alpha value is -3.22. The largest absolute Gasteiger partial charge is 0.467 e. The highest BCUT2D eigenvalue weighted by molar-refractivity contribution is 5.92. The first-order valence-electron chi connectivity index (χ1n) is 7.07. The number of hydrogen-bond acceptors (Lipinski definition) is 6. The number of anilines is 1. The molecule has 2 N–H and O–H groups in total. The fourth-order valence-electron chi connectivity index (χ4n) is 1.92. The van der Waals surface area contributed by atoms with Crippen LogP contribution in [-0.4, -0.2) is 20.9 Å². The monoisotopic (exact) mass is 309 g/mol. The Balaban J connectivity index is 1.59. The van der Waals surface area contributed by atoms with E-state index in [0.29, 0.717) is 30.5 Å². The highest BCUT2D eigenvalue weighted by Crippen LogP contribution is 2.05. The van der Waals surface area contributed by atoms with Gasteiger partial charge in [-0.1, -0.05) is 0 Å². The quantitative estimate of drug-likeness (QED) is 0.723. The predicted octanol–water partition coefficient (Wildman–Crippen LogP) is 2.01. The van der Waals surface area contributed by atoms with Gasteiger partial charge in [0.15, 0.2) is 0 Å².